The Bertz CT molecular complexity index is 632. The van der Waals surface area contributed by atoms with Crippen molar-refractivity contribution in [2.24, 2.45) is 11.8 Å². The van der Waals surface area contributed by atoms with Gasteiger partial charge in [-0.3, -0.25) is 4.79 Å². The number of rotatable bonds is 4. The van der Waals surface area contributed by atoms with Crippen LogP contribution < -0.4 is 14.8 Å². The maximum atomic E-state index is 12.6. The number of hydrogen-bond donors (Lipinski definition) is 1. The molecule has 1 aromatic carbocycles. The van der Waals surface area contributed by atoms with Crippen LogP contribution in [-0.2, 0) is 4.79 Å². The SMILES string of the molecule is Cl.O=C(CCSc1ccc2c(c1)OCCCO2)N1CC[C@@H]2CNC[C@@H]2CC1. The summed E-state index contributed by atoms with van der Waals surface area (Å²) in [5, 5.41) is 3.49. The number of benzene rings is 1. The Morgan fingerprint density at radius 1 is 1.11 bits per heavy atom. The second-order valence-corrected chi connectivity index (χ2v) is 8.56. The molecule has 0 aliphatic carbocycles. The highest BCUT2D eigenvalue weighted by molar-refractivity contribution is 7.99. The van der Waals surface area contributed by atoms with Crippen LogP contribution in [0, 0.1) is 11.8 Å². The highest BCUT2D eigenvalue weighted by Gasteiger charge is 2.31. The average molecular weight is 413 g/mol. The zero-order valence-electron chi connectivity index (χ0n) is 15.7. The minimum Gasteiger partial charge on any atom is -0.490 e. The van der Waals surface area contributed by atoms with Crippen LogP contribution in [0.1, 0.15) is 25.7 Å². The van der Waals surface area contributed by atoms with E-state index < -0.39 is 0 Å². The smallest absolute Gasteiger partial charge is 0.223 e. The van der Waals surface area contributed by atoms with Crippen LogP contribution >= 0.6 is 24.2 Å². The molecular weight excluding hydrogens is 384 g/mol. The van der Waals surface area contributed by atoms with E-state index in [9.17, 15) is 4.79 Å². The highest BCUT2D eigenvalue weighted by atomic mass is 35.5. The van der Waals surface area contributed by atoms with Crippen LogP contribution in [0.2, 0.25) is 0 Å². The van der Waals surface area contributed by atoms with E-state index in [0.29, 0.717) is 25.5 Å². The molecule has 2 saturated heterocycles. The molecule has 5 nitrogen and oxygen atoms in total. The molecule has 0 saturated carbocycles. The van der Waals surface area contributed by atoms with Crippen LogP contribution in [0.4, 0.5) is 0 Å². The lowest BCUT2D eigenvalue weighted by atomic mass is 9.92. The summed E-state index contributed by atoms with van der Waals surface area (Å²) in [6.45, 7) is 5.53. The second-order valence-electron chi connectivity index (χ2n) is 7.39. The summed E-state index contributed by atoms with van der Waals surface area (Å²) >= 11 is 1.72. The Kier molecular flexibility index (Phi) is 7.56. The molecule has 1 N–H and O–H groups in total. The Balaban J connectivity index is 0.00000210. The van der Waals surface area contributed by atoms with Gasteiger partial charge in [-0.1, -0.05) is 0 Å². The molecule has 3 heterocycles. The zero-order valence-corrected chi connectivity index (χ0v) is 17.3. The van der Waals surface area contributed by atoms with Crippen molar-refractivity contribution < 1.29 is 14.3 Å². The van der Waals surface area contributed by atoms with E-state index >= 15 is 0 Å². The number of carbonyl (C=O) groups excluding carboxylic acids is 1. The number of thioether (sulfide) groups is 1. The molecule has 150 valence electrons. The first-order chi connectivity index (χ1) is 12.8. The number of amides is 1. The van der Waals surface area contributed by atoms with Gasteiger partial charge in [0.1, 0.15) is 0 Å². The van der Waals surface area contributed by atoms with Crippen LogP contribution in [0.15, 0.2) is 23.1 Å². The molecular formula is C20H29ClN2O3S. The van der Waals surface area contributed by atoms with E-state index in [4.69, 9.17) is 9.47 Å². The number of nitrogens with one attached hydrogen (secondary N) is 1. The normalized spacial score (nSPS) is 24.4. The van der Waals surface area contributed by atoms with Crippen molar-refractivity contribution in [2.75, 3.05) is 45.1 Å². The highest BCUT2D eigenvalue weighted by Crippen LogP contribution is 2.34. The summed E-state index contributed by atoms with van der Waals surface area (Å²) in [7, 11) is 0. The maximum Gasteiger partial charge on any atom is 0.223 e. The van der Waals surface area contributed by atoms with Crippen molar-refractivity contribution in [1.29, 1.82) is 0 Å². The summed E-state index contributed by atoms with van der Waals surface area (Å²) in [4.78, 5) is 15.8. The van der Waals surface area contributed by atoms with E-state index in [1.165, 1.54) is 0 Å². The Morgan fingerprint density at radius 3 is 2.56 bits per heavy atom. The van der Waals surface area contributed by atoms with E-state index in [1.807, 2.05) is 12.1 Å². The number of carbonyl (C=O) groups is 1. The van der Waals surface area contributed by atoms with Gasteiger partial charge in [0.25, 0.3) is 0 Å². The lowest BCUT2D eigenvalue weighted by Crippen LogP contribution is -2.32. The Hall–Kier alpha value is -1.11. The molecule has 3 aliphatic heterocycles. The first-order valence-corrected chi connectivity index (χ1v) is 10.8. The van der Waals surface area contributed by atoms with Crippen LogP contribution in [0.3, 0.4) is 0 Å². The molecule has 2 atom stereocenters. The number of nitrogens with zero attached hydrogens (tertiary/aromatic N) is 1. The van der Waals surface area contributed by atoms with E-state index in [1.54, 1.807) is 11.8 Å². The van der Waals surface area contributed by atoms with Crippen molar-refractivity contribution >= 4 is 30.1 Å². The van der Waals surface area contributed by atoms with Gasteiger partial charge in [0.05, 0.1) is 13.2 Å². The molecule has 4 rings (SSSR count). The Morgan fingerprint density at radius 2 is 1.81 bits per heavy atom. The zero-order chi connectivity index (χ0) is 17.8. The van der Waals surface area contributed by atoms with Crippen LogP contribution in [0.5, 0.6) is 11.5 Å². The van der Waals surface area contributed by atoms with Crippen molar-refractivity contribution in [2.45, 2.75) is 30.6 Å². The minimum absolute atomic E-state index is 0. The van der Waals surface area contributed by atoms with E-state index in [-0.39, 0.29) is 12.4 Å². The fourth-order valence-electron chi connectivity index (χ4n) is 4.12. The first-order valence-electron chi connectivity index (χ1n) is 9.80. The van der Waals surface area contributed by atoms with Crippen molar-refractivity contribution in [1.82, 2.24) is 10.2 Å². The summed E-state index contributed by atoms with van der Waals surface area (Å²) < 4.78 is 11.4. The fraction of sp³-hybridized carbons (Fsp3) is 0.650. The quantitative estimate of drug-likeness (QED) is 0.769. The predicted molar refractivity (Wildman–Crippen MR) is 110 cm³/mol. The van der Waals surface area contributed by atoms with Crippen molar-refractivity contribution in [3.63, 3.8) is 0 Å². The van der Waals surface area contributed by atoms with Gasteiger partial charge >= 0.3 is 0 Å². The number of fused-ring (bicyclic) bond motifs is 2. The van der Waals surface area contributed by atoms with Crippen molar-refractivity contribution in [3.8, 4) is 11.5 Å². The lowest BCUT2D eigenvalue weighted by molar-refractivity contribution is -0.130. The van der Waals surface area contributed by atoms with Crippen molar-refractivity contribution in [3.05, 3.63) is 18.2 Å². The topological polar surface area (TPSA) is 50.8 Å². The van der Waals surface area contributed by atoms with Gasteiger partial charge in [0.15, 0.2) is 11.5 Å². The van der Waals surface area contributed by atoms with Gasteiger partial charge in [-0.25, -0.2) is 0 Å². The third-order valence-corrected chi connectivity index (χ3v) is 6.67. The molecule has 0 spiro atoms. The molecule has 1 aromatic rings. The van der Waals surface area contributed by atoms with Gasteiger partial charge in [-0.05, 0) is 56.0 Å². The summed E-state index contributed by atoms with van der Waals surface area (Å²) in [6.07, 6.45) is 3.82. The Labute approximate surface area is 171 Å². The predicted octanol–water partition coefficient (Wildman–Crippen LogP) is 3.21. The number of ether oxygens (including phenoxy) is 2. The standard InChI is InChI=1S/C20H28N2O3S.ClH/c23-20(22-7-4-15-13-21-14-16(15)5-8-22)6-11-26-17-2-3-18-19(12-17)25-10-1-9-24-18;/h2-3,12,15-16,21H,1,4-11,13-14H2;1H/t15-,16+;. The largest absolute Gasteiger partial charge is 0.490 e. The molecule has 0 bridgehead atoms. The average Bonchev–Trinajstić information content (AvgIpc) is 2.85. The van der Waals surface area contributed by atoms with Gasteiger partial charge < -0.3 is 19.7 Å². The van der Waals surface area contributed by atoms with Gasteiger partial charge in [0, 0.05) is 36.6 Å². The molecule has 3 aliphatic rings. The molecule has 7 heteroatoms. The number of halogens is 1. The molecule has 0 aromatic heterocycles. The van der Waals surface area contributed by atoms with Crippen LogP contribution in [0.25, 0.3) is 0 Å². The maximum absolute atomic E-state index is 12.6. The third-order valence-electron chi connectivity index (χ3n) is 5.68. The van der Waals surface area contributed by atoms with Gasteiger partial charge in [-0.15, -0.1) is 24.2 Å². The number of hydrogen-bond acceptors (Lipinski definition) is 5. The monoisotopic (exact) mass is 412 g/mol. The van der Waals surface area contributed by atoms with Crippen LogP contribution in [-0.4, -0.2) is 56.0 Å². The minimum atomic E-state index is 0. The number of likely N-dealkylation sites (tertiary alicyclic amines) is 1. The van der Waals surface area contributed by atoms with E-state index in [0.717, 1.165) is 79.4 Å². The third kappa shape index (κ3) is 5.24. The van der Waals surface area contributed by atoms with Gasteiger partial charge in [0.2, 0.25) is 5.91 Å². The molecule has 1 amide bonds. The fourth-order valence-corrected chi connectivity index (χ4v) is 4.98. The summed E-state index contributed by atoms with van der Waals surface area (Å²) in [5.74, 6) is 4.30. The molecule has 0 radical (unpaired) electrons. The second kappa shape index (κ2) is 9.89. The summed E-state index contributed by atoms with van der Waals surface area (Å²) in [6, 6.07) is 6.07. The molecule has 0 unspecified atom stereocenters. The molecule has 2 fully saturated rings. The van der Waals surface area contributed by atoms with E-state index in [2.05, 4.69) is 16.3 Å². The first kappa shape index (κ1) is 20.6. The molecule has 27 heavy (non-hydrogen) atoms. The van der Waals surface area contributed by atoms with Gasteiger partial charge in [-0.2, -0.15) is 0 Å². The summed E-state index contributed by atoms with van der Waals surface area (Å²) in [5.41, 5.74) is 0. The lowest BCUT2D eigenvalue weighted by Gasteiger charge is -2.21.